The fourth-order valence-corrected chi connectivity index (χ4v) is 4.33. The summed E-state index contributed by atoms with van der Waals surface area (Å²) >= 11 is 0. The van der Waals surface area contributed by atoms with Gasteiger partial charge in [0, 0.05) is 20.3 Å². The highest BCUT2D eigenvalue weighted by Crippen LogP contribution is 2.23. The van der Waals surface area contributed by atoms with Crippen LogP contribution in [0.15, 0.2) is 18.3 Å². The number of hydrogen-bond acceptors (Lipinski definition) is 5. The number of hydrogen-bond donors (Lipinski definition) is 1. The third kappa shape index (κ3) is 3.27. The Hall–Kier alpha value is -1.63. The zero-order valence-corrected chi connectivity index (χ0v) is 12.7. The summed E-state index contributed by atoms with van der Waals surface area (Å²) in [5.41, 5.74) is -0.253. The number of nitrogens with one attached hydrogen (secondary N) is 1. The van der Waals surface area contributed by atoms with Crippen LogP contribution in [-0.2, 0) is 9.84 Å². The molecule has 0 spiro atoms. The molecular formula is C13H19N3O3S. The second kappa shape index (κ2) is 5.05. The van der Waals surface area contributed by atoms with Gasteiger partial charge in [-0.25, -0.2) is 13.4 Å². The van der Waals surface area contributed by atoms with Gasteiger partial charge in [-0.05, 0) is 25.5 Å². The van der Waals surface area contributed by atoms with Crippen molar-refractivity contribution in [2.45, 2.75) is 18.9 Å². The molecule has 1 aromatic rings. The lowest BCUT2D eigenvalue weighted by Crippen LogP contribution is -2.46. The van der Waals surface area contributed by atoms with Gasteiger partial charge in [0.25, 0.3) is 5.91 Å². The van der Waals surface area contributed by atoms with E-state index < -0.39 is 15.4 Å². The molecule has 110 valence electrons. The zero-order valence-electron chi connectivity index (χ0n) is 11.9. The molecule has 1 fully saturated rings. The SMILES string of the molecule is CN(C)c1ccc(C(=O)N[C@@]2(C)CCS(=O)(=O)C2)cn1. The maximum atomic E-state index is 12.1. The predicted octanol–water partition coefficient (Wildman–Crippen LogP) is 0.455. The second-order valence-corrected chi connectivity index (χ2v) is 7.84. The summed E-state index contributed by atoms with van der Waals surface area (Å²) in [4.78, 5) is 18.2. The normalized spacial score (nSPS) is 24.4. The van der Waals surface area contributed by atoms with Crippen LogP contribution >= 0.6 is 0 Å². The van der Waals surface area contributed by atoms with Crippen LogP contribution in [0.1, 0.15) is 23.7 Å². The molecule has 1 amide bonds. The summed E-state index contributed by atoms with van der Waals surface area (Å²) in [6, 6.07) is 3.44. The van der Waals surface area contributed by atoms with Gasteiger partial charge in [-0.1, -0.05) is 0 Å². The average molecular weight is 297 g/mol. The first-order valence-electron chi connectivity index (χ1n) is 6.37. The Balaban J connectivity index is 2.09. The smallest absolute Gasteiger partial charge is 0.253 e. The fraction of sp³-hybridized carbons (Fsp3) is 0.538. The zero-order chi connectivity index (χ0) is 15.0. The van der Waals surface area contributed by atoms with E-state index in [1.807, 2.05) is 19.0 Å². The molecule has 0 bridgehead atoms. The van der Waals surface area contributed by atoms with E-state index in [1.165, 1.54) is 6.20 Å². The van der Waals surface area contributed by atoms with Gasteiger partial charge < -0.3 is 10.2 Å². The Bertz CT molecular complexity index is 610. The number of rotatable bonds is 3. The minimum atomic E-state index is -3.04. The largest absolute Gasteiger partial charge is 0.363 e. The van der Waals surface area contributed by atoms with E-state index in [4.69, 9.17) is 0 Å². The standard InChI is InChI=1S/C13H19N3O3S/c1-13(6-7-20(18,19)9-13)15-12(17)10-4-5-11(14-8-10)16(2)3/h4-5,8H,6-7,9H2,1-3H3,(H,15,17)/t13-/m0/s1. The highest BCUT2D eigenvalue weighted by molar-refractivity contribution is 7.91. The molecule has 1 saturated heterocycles. The number of anilines is 1. The van der Waals surface area contributed by atoms with E-state index in [9.17, 15) is 13.2 Å². The summed E-state index contributed by atoms with van der Waals surface area (Å²) in [5, 5.41) is 2.80. The van der Waals surface area contributed by atoms with Crippen LogP contribution in [0.3, 0.4) is 0 Å². The minimum Gasteiger partial charge on any atom is -0.363 e. The third-order valence-corrected chi connectivity index (χ3v) is 5.29. The minimum absolute atomic E-state index is 0.00501. The molecule has 1 aromatic heterocycles. The van der Waals surface area contributed by atoms with Crippen LogP contribution in [-0.4, -0.2) is 50.4 Å². The first-order valence-corrected chi connectivity index (χ1v) is 8.19. The summed E-state index contributed by atoms with van der Waals surface area (Å²) in [7, 11) is 0.698. The molecular weight excluding hydrogens is 278 g/mol. The van der Waals surface area contributed by atoms with E-state index in [0.717, 1.165) is 5.82 Å². The molecule has 1 aliphatic heterocycles. The summed E-state index contributed by atoms with van der Waals surface area (Å²) in [6.45, 7) is 1.76. The van der Waals surface area contributed by atoms with Gasteiger partial charge in [0.1, 0.15) is 5.82 Å². The number of aromatic nitrogens is 1. The Morgan fingerprint density at radius 3 is 2.55 bits per heavy atom. The molecule has 0 saturated carbocycles. The maximum absolute atomic E-state index is 12.1. The van der Waals surface area contributed by atoms with Gasteiger partial charge in [0.15, 0.2) is 9.84 Å². The van der Waals surface area contributed by atoms with Crippen molar-refractivity contribution in [1.82, 2.24) is 10.3 Å². The molecule has 0 aromatic carbocycles. The predicted molar refractivity (Wildman–Crippen MR) is 77.7 cm³/mol. The molecule has 0 unspecified atom stereocenters. The molecule has 0 radical (unpaired) electrons. The van der Waals surface area contributed by atoms with Gasteiger partial charge in [-0.15, -0.1) is 0 Å². The lowest BCUT2D eigenvalue weighted by molar-refractivity contribution is 0.0915. The van der Waals surface area contributed by atoms with Gasteiger partial charge in [0.2, 0.25) is 0 Å². The quantitative estimate of drug-likeness (QED) is 0.876. The first kappa shape index (κ1) is 14.8. The van der Waals surface area contributed by atoms with Crippen LogP contribution in [0.4, 0.5) is 5.82 Å². The van der Waals surface area contributed by atoms with Gasteiger partial charge in [0.05, 0.1) is 22.6 Å². The number of carbonyl (C=O) groups is 1. The third-order valence-electron chi connectivity index (χ3n) is 3.39. The second-order valence-electron chi connectivity index (χ2n) is 5.66. The Labute approximate surface area is 119 Å². The van der Waals surface area contributed by atoms with Crippen molar-refractivity contribution in [3.05, 3.63) is 23.9 Å². The topological polar surface area (TPSA) is 79.4 Å². The van der Waals surface area contributed by atoms with Crippen LogP contribution in [0, 0.1) is 0 Å². The van der Waals surface area contributed by atoms with Crippen LogP contribution in [0.2, 0.25) is 0 Å². The molecule has 2 heterocycles. The van der Waals surface area contributed by atoms with Crippen molar-refractivity contribution in [1.29, 1.82) is 0 Å². The van der Waals surface area contributed by atoms with E-state index in [-0.39, 0.29) is 17.4 Å². The Morgan fingerprint density at radius 2 is 2.10 bits per heavy atom. The van der Waals surface area contributed by atoms with Crippen LogP contribution < -0.4 is 10.2 Å². The van der Waals surface area contributed by atoms with Crippen LogP contribution in [0.25, 0.3) is 0 Å². The van der Waals surface area contributed by atoms with Gasteiger partial charge in [-0.2, -0.15) is 0 Å². The van der Waals surface area contributed by atoms with Crippen molar-refractivity contribution >= 4 is 21.6 Å². The lowest BCUT2D eigenvalue weighted by Gasteiger charge is -2.23. The van der Waals surface area contributed by atoms with E-state index >= 15 is 0 Å². The number of sulfone groups is 1. The summed E-state index contributed by atoms with van der Waals surface area (Å²) < 4.78 is 23.0. The number of amides is 1. The number of pyridine rings is 1. The average Bonchev–Trinajstić information content (AvgIpc) is 2.63. The highest BCUT2D eigenvalue weighted by atomic mass is 32.2. The van der Waals surface area contributed by atoms with E-state index in [0.29, 0.717) is 12.0 Å². The molecule has 1 aliphatic rings. The molecule has 6 nitrogen and oxygen atoms in total. The molecule has 1 atom stereocenters. The molecule has 7 heteroatoms. The Morgan fingerprint density at radius 1 is 1.40 bits per heavy atom. The Kier molecular flexibility index (Phi) is 3.73. The van der Waals surface area contributed by atoms with Crippen LogP contribution in [0.5, 0.6) is 0 Å². The monoisotopic (exact) mass is 297 g/mol. The molecule has 1 N–H and O–H groups in total. The van der Waals surface area contributed by atoms with Crippen molar-refractivity contribution in [2.75, 3.05) is 30.5 Å². The molecule has 20 heavy (non-hydrogen) atoms. The van der Waals surface area contributed by atoms with Gasteiger partial charge in [-0.3, -0.25) is 4.79 Å². The van der Waals surface area contributed by atoms with Crippen molar-refractivity contribution < 1.29 is 13.2 Å². The van der Waals surface area contributed by atoms with E-state index in [2.05, 4.69) is 10.3 Å². The number of nitrogens with zero attached hydrogens (tertiary/aromatic N) is 2. The van der Waals surface area contributed by atoms with Gasteiger partial charge >= 0.3 is 0 Å². The van der Waals surface area contributed by atoms with Crippen molar-refractivity contribution in [2.24, 2.45) is 0 Å². The molecule has 2 rings (SSSR count). The van der Waals surface area contributed by atoms with Crippen molar-refractivity contribution in [3.63, 3.8) is 0 Å². The van der Waals surface area contributed by atoms with Crippen molar-refractivity contribution in [3.8, 4) is 0 Å². The fourth-order valence-electron chi connectivity index (χ4n) is 2.24. The maximum Gasteiger partial charge on any atom is 0.253 e. The lowest BCUT2D eigenvalue weighted by atomic mass is 10.0. The molecule has 0 aliphatic carbocycles. The summed E-state index contributed by atoms with van der Waals surface area (Å²) in [5.74, 6) is 0.593. The first-order chi connectivity index (χ1) is 9.21. The highest BCUT2D eigenvalue weighted by Gasteiger charge is 2.39. The number of carbonyl (C=O) groups excluding carboxylic acids is 1. The summed E-state index contributed by atoms with van der Waals surface area (Å²) in [6.07, 6.45) is 1.95. The van der Waals surface area contributed by atoms with E-state index in [1.54, 1.807) is 19.1 Å².